The predicted molar refractivity (Wildman–Crippen MR) is 132 cm³/mol. The maximum atomic E-state index is 13.8. The molecule has 10 heteroatoms. The third-order valence-electron chi connectivity index (χ3n) is 7.47. The lowest BCUT2D eigenvalue weighted by atomic mass is 9.60. The van der Waals surface area contributed by atoms with Gasteiger partial charge in [-0.15, -0.1) is 0 Å². The summed E-state index contributed by atoms with van der Waals surface area (Å²) >= 11 is 0. The van der Waals surface area contributed by atoms with Crippen LogP contribution in [0.25, 0.3) is 0 Å². The van der Waals surface area contributed by atoms with Crippen molar-refractivity contribution in [2.75, 3.05) is 25.5 Å². The molecular formula is C26H33N3O7. The summed E-state index contributed by atoms with van der Waals surface area (Å²) in [5.41, 5.74) is 3.63. The van der Waals surface area contributed by atoms with Gasteiger partial charge in [0.25, 0.3) is 5.91 Å². The Morgan fingerprint density at radius 2 is 1.89 bits per heavy atom. The minimum absolute atomic E-state index is 0.0270. The molecule has 7 N–H and O–H groups in total. The van der Waals surface area contributed by atoms with E-state index in [1.807, 2.05) is 25.1 Å². The molecule has 4 rings (SSSR count). The van der Waals surface area contributed by atoms with Crippen LogP contribution in [-0.2, 0) is 22.6 Å². The van der Waals surface area contributed by atoms with Crippen LogP contribution in [0, 0.1) is 17.8 Å². The highest BCUT2D eigenvalue weighted by atomic mass is 16.3. The Kier molecular flexibility index (Phi) is 6.38. The molecule has 0 spiro atoms. The number of aliphatic hydroxyl groups is 3. The standard InChI is InChI=1S/C26H33N3O7/c1-11(2)9-28-10-13-7-16(29(3)4)15-6-12-5-14-8-17(30)20(25(27)35)24(34)26(14,36)23(33)18(12)22(32)19(15)21(13)31/h7,11-12,14,28,30-31,33,36H,5-6,8-10H2,1-4H3,(H2,27,35)/t12-,14?,26+/m1/s1. The number of allylic oxidation sites excluding steroid dienone is 2. The molecule has 0 heterocycles. The number of carbonyl (C=O) groups is 3. The van der Waals surface area contributed by atoms with E-state index in [9.17, 15) is 34.8 Å². The molecule has 1 aromatic carbocycles. The number of rotatable bonds is 6. The molecule has 0 bridgehead atoms. The second kappa shape index (κ2) is 8.94. The number of amides is 1. The van der Waals surface area contributed by atoms with Crippen molar-refractivity contribution in [3.8, 4) is 5.75 Å². The number of phenols is 1. The number of nitrogens with zero attached hydrogens (tertiary/aromatic N) is 1. The van der Waals surface area contributed by atoms with Crippen molar-refractivity contribution >= 4 is 23.2 Å². The number of primary amides is 1. The van der Waals surface area contributed by atoms with Crippen molar-refractivity contribution in [3.63, 3.8) is 0 Å². The number of aromatic hydroxyl groups is 1. The number of ketones is 2. The number of aliphatic hydroxyl groups excluding tert-OH is 2. The fourth-order valence-corrected chi connectivity index (χ4v) is 5.75. The number of carbonyl (C=O) groups excluding carboxylic acids is 3. The molecule has 0 radical (unpaired) electrons. The van der Waals surface area contributed by atoms with E-state index in [0.717, 1.165) is 5.69 Å². The van der Waals surface area contributed by atoms with Crippen LogP contribution in [0.15, 0.2) is 28.7 Å². The summed E-state index contributed by atoms with van der Waals surface area (Å²) in [6.07, 6.45) is 0.130. The van der Waals surface area contributed by atoms with Gasteiger partial charge in [-0.05, 0) is 42.9 Å². The van der Waals surface area contributed by atoms with Crippen molar-refractivity contribution in [3.05, 3.63) is 45.4 Å². The molecule has 1 aromatic rings. The molecule has 0 saturated heterocycles. The summed E-state index contributed by atoms with van der Waals surface area (Å²) < 4.78 is 0. The average molecular weight is 500 g/mol. The molecule has 0 aromatic heterocycles. The Morgan fingerprint density at radius 3 is 2.47 bits per heavy atom. The largest absolute Gasteiger partial charge is 0.511 e. The van der Waals surface area contributed by atoms with Gasteiger partial charge in [-0.2, -0.15) is 0 Å². The van der Waals surface area contributed by atoms with E-state index < -0.39 is 52.0 Å². The highest BCUT2D eigenvalue weighted by Crippen LogP contribution is 2.52. The average Bonchev–Trinajstić information content (AvgIpc) is 2.77. The molecule has 1 unspecified atom stereocenters. The Bertz CT molecular complexity index is 1230. The normalized spacial score (nSPS) is 25.6. The second-order valence-electron chi connectivity index (χ2n) is 10.6. The summed E-state index contributed by atoms with van der Waals surface area (Å²) in [7, 11) is 3.66. The van der Waals surface area contributed by atoms with Gasteiger partial charge in [0, 0.05) is 49.8 Å². The zero-order valence-corrected chi connectivity index (χ0v) is 20.9. The van der Waals surface area contributed by atoms with Gasteiger partial charge in [0.1, 0.15) is 22.8 Å². The maximum Gasteiger partial charge on any atom is 0.255 e. The first-order chi connectivity index (χ1) is 16.8. The summed E-state index contributed by atoms with van der Waals surface area (Å²) in [6, 6.07) is 1.83. The number of fused-ring (bicyclic) bond motifs is 3. The van der Waals surface area contributed by atoms with Gasteiger partial charge in [-0.3, -0.25) is 14.4 Å². The molecule has 3 aliphatic carbocycles. The Hall–Kier alpha value is -3.37. The Morgan fingerprint density at radius 1 is 1.22 bits per heavy atom. The van der Waals surface area contributed by atoms with E-state index in [2.05, 4.69) is 19.2 Å². The van der Waals surface area contributed by atoms with Crippen LogP contribution >= 0.6 is 0 Å². The lowest BCUT2D eigenvalue weighted by molar-refractivity contribution is -0.144. The van der Waals surface area contributed by atoms with Crippen molar-refractivity contribution in [2.24, 2.45) is 23.5 Å². The van der Waals surface area contributed by atoms with Crippen molar-refractivity contribution in [1.82, 2.24) is 5.32 Å². The van der Waals surface area contributed by atoms with E-state index >= 15 is 0 Å². The number of anilines is 1. The van der Waals surface area contributed by atoms with Crippen molar-refractivity contribution in [1.29, 1.82) is 0 Å². The predicted octanol–water partition coefficient (Wildman–Crippen LogP) is 1.39. The number of hydrogen-bond donors (Lipinski definition) is 6. The van der Waals surface area contributed by atoms with Gasteiger partial charge in [0.2, 0.25) is 5.78 Å². The van der Waals surface area contributed by atoms with Crippen molar-refractivity contribution < 1.29 is 34.8 Å². The first kappa shape index (κ1) is 25.7. The first-order valence-electron chi connectivity index (χ1n) is 12.0. The second-order valence-corrected chi connectivity index (χ2v) is 10.6. The summed E-state index contributed by atoms with van der Waals surface area (Å²) in [5.74, 6) is -5.85. The number of benzene rings is 1. The van der Waals surface area contributed by atoms with Crippen LogP contribution in [-0.4, -0.2) is 64.1 Å². The van der Waals surface area contributed by atoms with Crippen molar-refractivity contribution in [2.45, 2.75) is 45.3 Å². The number of hydrogen-bond acceptors (Lipinski definition) is 9. The smallest absolute Gasteiger partial charge is 0.255 e. The van der Waals surface area contributed by atoms with Crippen LogP contribution in [0.5, 0.6) is 5.75 Å². The molecule has 0 fully saturated rings. The van der Waals surface area contributed by atoms with Gasteiger partial charge < -0.3 is 36.4 Å². The molecule has 10 nitrogen and oxygen atoms in total. The summed E-state index contributed by atoms with van der Waals surface area (Å²) in [5, 5.41) is 47.2. The summed E-state index contributed by atoms with van der Waals surface area (Å²) in [4.78, 5) is 40.5. The monoisotopic (exact) mass is 499 g/mol. The zero-order chi connectivity index (χ0) is 26.7. The molecule has 0 aliphatic heterocycles. The molecule has 36 heavy (non-hydrogen) atoms. The summed E-state index contributed by atoms with van der Waals surface area (Å²) in [6.45, 7) is 5.12. The molecule has 3 aliphatic rings. The Labute approximate surface area is 209 Å². The molecule has 194 valence electrons. The number of nitrogens with one attached hydrogen (secondary N) is 1. The minimum Gasteiger partial charge on any atom is -0.511 e. The van der Waals surface area contributed by atoms with E-state index in [1.54, 1.807) is 0 Å². The highest BCUT2D eigenvalue weighted by molar-refractivity contribution is 6.24. The fraction of sp³-hybridized carbons (Fsp3) is 0.500. The lowest BCUT2D eigenvalue weighted by Crippen LogP contribution is -2.57. The van der Waals surface area contributed by atoms with Gasteiger partial charge in [-0.1, -0.05) is 13.8 Å². The first-order valence-corrected chi connectivity index (χ1v) is 12.0. The quantitative estimate of drug-likeness (QED) is 0.316. The van der Waals surface area contributed by atoms with Crippen LogP contribution < -0.4 is 16.0 Å². The number of nitrogens with two attached hydrogens (primary N) is 1. The van der Waals surface area contributed by atoms with Gasteiger partial charge in [0.15, 0.2) is 11.4 Å². The zero-order valence-electron chi connectivity index (χ0n) is 20.9. The fourth-order valence-electron chi connectivity index (χ4n) is 5.75. The van der Waals surface area contributed by atoms with Gasteiger partial charge >= 0.3 is 0 Å². The molecule has 3 atom stereocenters. The SMILES string of the molecule is CC(C)CNCc1cc(N(C)C)c2c(c1O)C(=O)C1=C(O)[C@]3(O)C(=O)C(C(N)=O)=C(O)CC3C[C@@H]1C2. The number of Topliss-reactive ketones (excluding diaryl/α,β-unsaturated/α-hetero) is 2. The van der Waals surface area contributed by atoms with Gasteiger partial charge in [-0.25, -0.2) is 0 Å². The molecule has 1 amide bonds. The van der Waals surface area contributed by atoms with Crippen LogP contribution in [0.1, 0.15) is 48.2 Å². The Balaban J connectivity index is 1.86. The minimum atomic E-state index is -2.56. The van der Waals surface area contributed by atoms with E-state index in [-0.39, 0.29) is 36.1 Å². The topological polar surface area (TPSA) is 173 Å². The van der Waals surface area contributed by atoms with Gasteiger partial charge in [0.05, 0.1) is 5.56 Å². The van der Waals surface area contributed by atoms with E-state index in [1.165, 1.54) is 0 Å². The molecular weight excluding hydrogens is 466 g/mol. The maximum absolute atomic E-state index is 13.8. The van der Waals surface area contributed by atoms with E-state index in [4.69, 9.17) is 5.73 Å². The van der Waals surface area contributed by atoms with Crippen LogP contribution in [0.2, 0.25) is 0 Å². The third-order valence-corrected chi connectivity index (χ3v) is 7.47. The number of phenolic OH excluding ortho intramolecular Hbond substituents is 1. The molecule has 0 saturated carbocycles. The van der Waals surface area contributed by atoms with E-state index in [0.29, 0.717) is 30.1 Å². The van der Waals surface area contributed by atoms with Crippen LogP contribution in [0.4, 0.5) is 5.69 Å². The lowest BCUT2D eigenvalue weighted by Gasteiger charge is -2.46. The highest BCUT2D eigenvalue weighted by Gasteiger charge is 2.59. The third kappa shape index (κ3) is 3.75. The van der Waals surface area contributed by atoms with Crippen LogP contribution in [0.3, 0.4) is 0 Å².